The van der Waals surface area contributed by atoms with Crippen LogP contribution in [0.2, 0.25) is 0 Å². The monoisotopic (exact) mass is 253 g/mol. The van der Waals surface area contributed by atoms with Crippen molar-refractivity contribution in [1.29, 1.82) is 0 Å². The molecule has 0 aromatic heterocycles. The Hall–Kier alpha value is 0.690. The third-order valence-electron chi connectivity index (χ3n) is 2.59. The van der Waals surface area contributed by atoms with Crippen LogP contribution in [0.1, 0.15) is 26.7 Å². The van der Waals surface area contributed by atoms with Gasteiger partial charge in [-0.25, -0.2) is 0 Å². The Kier molecular flexibility index (Phi) is 2.98. The van der Waals surface area contributed by atoms with Crippen LogP contribution in [0.5, 0.6) is 0 Å². The lowest BCUT2D eigenvalue weighted by molar-refractivity contribution is 0.278. The second-order valence-electron chi connectivity index (χ2n) is 3.61. The number of rotatable bonds is 0. The molecule has 2 heteroatoms. The highest BCUT2D eigenvalue weighted by atomic mass is 127. The zero-order valence-electron chi connectivity index (χ0n) is 6.68. The van der Waals surface area contributed by atoms with Crippen molar-refractivity contribution < 1.29 is 0 Å². The second-order valence-corrected chi connectivity index (χ2v) is 5.21. The number of alkyl halides is 1. The second kappa shape index (κ2) is 3.39. The third-order valence-corrected chi connectivity index (χ3v) is 4.33. The highest BCUT2D eigenvalue weighted by Gasteiger charge is 2.28. The molecule has 1 nitrogen and oxygen atoms in total. The third kappa shape index (κ3) is 1.84. The molecule has 0 radical (unpaired) electrons. The summed E-state index contributed by atoms with van der Waals surface area (Å²) >= 11 is 2.53. The van der Waals surface area contributed by atoms with Gasteiger partial charge in [-0.3, -0.25) is 0 Å². The fourth-order valence-electron chi connectivity index (χ4n) is 1.63. The average Bonchev–Trinajstić information content (AvgIpc) is 1.84. The predicted molar refractivity (Wildman–Crippen MR) is 53.3 cm³/mol. The summed E-state index contributed by atoms with van der Waals surface area (Å²) in [5.41, 5.74) is 5.93. The molecule has 1 saturated carbocycles. The van der Waals surface area contributed by atoms with Crippen LogP contribution in [0.3, 0.4) is 0 Å². The highest BCUT2D eigenvalue weighted by molar-refractivity contribution is 14.1. The molecular formula is C8H16IN. The normalized spacial score (nSPS) is 49.2. The molecule has 1 fully saturated rings. The van der Waals surface area contributed by atoms with Crippen molar-refractivity contribution in [3.05, 3.63) is 0 Å². The zero-order valence-corrected chi connectivity index (χ0v) is 8.84. The summed E-state index contributed by atoms with van der Waals surface area (Å²) in [6.07, 6.45) is 2.53. The lowest BCUT2D eigenvalue weighted by Crippen LogP contribution is -2.38. The van der Waals surface area contributed by atoms with Crippen LogP contribution in [0.25, 0.3) is 0 Å². The fraction of sp³-hybridized carbons (Fsp3) is 1.00. The van der Waals surface area contributed by atoms with Gasteiger partial charge in [-0.05, 0) is 24.7 Å². The molecule has 0 aliphatic heterocycles. The Balaban J connectivity index is 2.46. The van der Waals surface area contributed by atoms with Crippen LogP contribution >= 0.6 is 22.6 Å². The molecule has 2 N–H and O–H groups in total. The van der Waals surface area contributed by atoms with E-state index < -0.39 is 0 Å². The van der Waals surface area contributed by atoms with E-state index >= 15 is 0 Å². The van der Waals surface area contributed by atoms with E-state index in [-0.39, 0.29) is 0 Å². The lowest BCUT2D eigenvalue weighted by atomic mass is 9.80. The van der Waals surface area contributed by atoms with E-state index in [1.165, 1.54) is 12.8 Å². The number of halogens is 1. The summed E-state index contributed by atoms with van der Waals surface area (Å²) in [6, 6.07) is 0.457. The van der Waals surface area contributed by atoms with E-state index in [9.17, 15) is 0 Å². The molecule has 1 aliphatic carbocycles. The van der Waals surface area contributed by atoms with E-state index in [0.717, 1.165) is 15.8 Å². The lowest BCUT2D eigenvalue weighted by Gasteiger charge is -2.33. The van der Waals surface area contributed by atoms with Crippen LogP contribution in [0.15, 0.2) is 0 Å². The van der Waals surface area contributed by atoms with Gasteiger partial charge in [-0.1, -0.05) is 36.4 Å². The van der Waals surface area contributed by atoms with Crippen LogP contribution < -0.4 is 5.73 Å². The maximum Gasteiger partial charge on any atom is 0.0150 e. The molecule has 0 saturated heterocycles. The van der Waals surface area contributed by atoms with Gasteiger partial charge in [0, 0.05) is 9.97 Å². The molecule has 0 spiro atoms. The Bertz CT molecular complexity index is 89.8. The summed E-state index contributed by atoms with van der Waals surface area (Å²) in [5, 5.41) is 0. The van der Waals surface area contributed by atoms with Gasteiger partial charge in [0.2, 0.25) is 0 Å². The molecule has 60 valence electrons. The van der Waals surface area contributed by atoms with Crippen molar-refractivity contribution in [2.75, 3.05) is 0 Å². The number of hydrogen-bond acceptors (Lipinski definition) is 1. The van der Waals surface area contributed by atoms with E-state index in [4.69, 9.17) is 5.73 Å². The van der Waals surface area contributed by atoms with Crippen molar-refractivity contribution in [2.45, 2.75) is 36.7 Å². The molecule has 1 rings (SSSR count). The molecule has 4 atom stereocenters. The Morgan fingerprint density at radius 1 is 1.20 bits per heavy atom. The van der Waals surface area contributed by atoms with Gasteiger partial charge in [0.1, 0.15) is 0 Å². The van der Waals surface area contributed by atoms with E-state index in [0.29, 0.717) is 6.04 Å². The van der Waals surface area contributed by atoms with E-state index in [2.05, 4.69) is 36.4 Å². The van der Waals surface area contributed by atoms with E-state index in [1.54, 1.807) is 0 Å². The minimum Gasteiger partial charge on any atom is -0.327 e. The van der Waals surface area contributed by atoms with Crippen molar-refractivity contribution >= 4 is 22.6 Å². The van der Waals surface area contributed by atoms with Gasteiger partial charge in [-0.2, -0.15) is 0 Å². The van der Waals surface area contributed by atoms with Crippen molar-refractivity contribution in [2.24, 2.45) is 17.6 Å². The average molecular weight is 253 g/mol. The van der Waals surface area contributed by atoms with Crippen molar-refractivity contribution in [3.8, 4) is 0 Å². The minimum absolute atomic E-state index is 0.457. The molecule has 1 aliphatic rings. The first-order valence-electron chi connectivity index (χ1n) is 4.01. The molecule has 0 amide bonds. The van der Waals surface area contributed by atoms with Crippen molar-refractivity contribution in [3.63, 3.8) is 0 Å². The molecule has 0 aromatic rings. The topological polar surface area (TPSA) is 26.0 Å². The summed E-state index contributed by atoms with van der Waals surface area (Å²) < 4.78 is 0.809. The number of nitrogens with two attached hydrogens (primary N) is 1. The van der Waals surface area contributed by atoms with Crippen LogP contribution in [-0.2, 0) is 0 Å². The first-order valence-corrected chi connectivity index (χ1v) is 5.25. The van der Waals surface area contributed by atoms with Gasteiger partial charge in [0.25, 0.3) is 0 Å². The molecule has 4 unspecified atom stereocenters. The highest BCUT2D eigenvalue weighted by Crippen LogP contribution is 2.32. The fourth-order valence-corrected chi connectivity index (χ4v) is 2.51. The van der Waals surface area contributed by atoms with Crippen LogP contribution in [0, 0.1) is 11.8 Å². The Morgan fingerprint density at radius 2 is 1.80 bits per heavy atom. The minimum atomic E-state index is 0.457. The maximum absolute atomic E-state index is 5.93. The van der Waals surface area contributed by atoms with Gasteiger partial charge >= 0.3 is 0 Å². The standard InChI is InChI=1S/C8H16IN/c1-5-3-6(2)8(10)4-7(5)9/h5-8H,3-4,10H2,1-2H3. The first-order chi connectivity index (χ1) is 4.61. The molecule has 0 heterocycles. The first kappa shape index (κ1) is 8.78. The molecule has 0 aromatic carbocycles. The molecular weight excluding hydrogens is 237 g/mol. The van der Waals surface area contributed by atoms with Gasteiger partial charge < -0.3 is 5.73 Å². The molecule has 0 bridgehead atoms. The molecule has 10 heavy (non-hydrogen) atoms. The maximum atomic E-state index is 5.93. The summed E-state index contributed by atoms with van der Waals surface area (Å²) in [5.74, 6) is 1.61. The van der Waals surface area contributed by atoms with Gasteiger partial charge in [-0.15, -0.1) is 0 Å². The largest absolute Gasteiger partial charge is 0.327 e. The summed E-state index contributed by atoms with van der Waals surface area (Å²) in [7, 11) is 0. The summed E-state index contributed by atoms with van der Waals surface area (Å²) in [4.78, 5) is 0. The van der Waals surface area contributed by atoms with Crippen LogP contribution in [0.4, 0.5) is 0 Å². The SMILES string of the molecule is CC1CC(C)C(I)CC1N. The van der Waals surface area contributed by atoms with Crippen LogP contribution in [-0.4, -0.2) is 9.97 Å². The number of hydrogen-bond donors (Lipinski definition) is 1. The summed E-state index contributed by atoms with van der Waals surface area (Å²) in [6.45, 7) is 4.60. The van der Waals surface area contributed by atoms with E-state index in [1.807, 2.05) is 0 Å². The zero-order chi connectivity index (χ0) is 7.72. The van der Waals surface area contributed by atoms with Gasteiger partial charge in [0.05, 0.1) is 0 Å². The Morgan fingerprint density at radius 3 is 2.30 bits per heavy atom. The van der Waals surface area contributed by atoms with Gasteiger partial charge in [0.15, 0.2) is 0 Å². The predicted octanol–water partition coefficient (Wildman–Crippen LogP) is 2.18. The Labute approximate surface area is 76.9 Å². The quantitative estimate of drug-likeness (QED) is 0.519. The smallest absolute Gasteiger partial charge is 0.0150 e. The van der Waals surface area contributed by atoms with Crippen molar-refractivity contribution in [1.82, 2.24) is 0 Å².